The zero-order chi connectivity index (χ0) is 20.8. The van der Waals surface area contributed by atoms with E-state index in [9.17, 15) is 9.59 Å². The quantitative estimate of drug-likeness (QED) is 0.819. The van der Waals surface area contributed by atoms with Crippen LogP contribution in [0, 0.1) is 5.41 Å². The number of hydrogen-bond donors (Lipinski definition) is 1. The molecule has 0 unspecified atom stereocenters. The molecular weight excluding hydrogens is 370 g/mol. The molecule has 0 bridgehead atoms. The molecule has 1 amide bonds. The number of carbonyl (C=O) groups excluding carboxylic acids is 1. The third-order valence-electron chi connectivity index (χ3n) is 6.66. The Balaban J connectivity index is 1.29. The first-order chi connectivity index (χ1) is 13.6. The number of carbonyl (C=O) groups is 2. The van der Waals surface area contributed by atoms with E-state index in [0.29, 0.717) is 11.5 Å². The summed E-state index contributed by atoms with van der Waals surface area (Å²) >= 11 is 0. The monoisotopic (exact) mass is 401 g/mol. The Morgan fingerprint density at radius 3 is 2.52 bits per heavy atom. The second-order valence-electron chi connectivity index (χ2n) is 9.88. The number of amides is 1. The van der Waals surface area contributed by atoms with Crippen molar-refractivity contribution < 1.29 is 19.4 Å². The average Bonchev–Trinajstić information content (AvgIpc) is 2.64. The number of ether oxygens (including phenoxy) is 1. The zero-order valence-corrected chi connectivity index (χ0v) is 17.6. The molecule has 0 aromatic carbocycles. The molecule has 7 heteroatoms. The summed E-state index contributed by atoms with van der Waals surface area (Å²) in [6.45, 7) is 9.04. The minimum absolute atomic E-state index is 0.192. The fourth-order valence-electron chi connectivity index (χ4n) is 4.96. The van der Waals surface area contributed by atoms with Crippen LogP contribution in [0.1, 0.15) is 68.1 Å². The molecule has 0 atom stereocenters. The smallest absolute Gasteiger partial charge is 0.410 e. The number of hydrogen-bond acceptors (Lipinski definition) is 5. The SMILES string of the molecule is CC(C)(C)OC(=O)N1CCC2(CC1)CC(N1CCc3cc(C(=O)O)cnc3C1)C2. The number of aromatic nitrogens is 1. The van der Waals surface area contributed by atoms with Gasteiger partial charge < -0.3 is 14.7 Å². The number of pyridine rings is 1. The van der Waals surface area contributed by atoms with Crippen LogP contribution in [-0.2, 0) is 17.7 Å². The maximum atomic E-state index is 12.3. The summed E-state index contributed by atoms with van der Waals surface area (Å²) in [5, 5.41) is 9.14. The molecule has 158 valence electrons. The van der Waals surface area contributed by atoms with E-state index in [1.807, 2.05) is 25.7 Å². The van der Waals surface area contributed by atoms with Gasteiger partial charge in [0.25, 0.3) is 0 Å². The summed E-state index contributed by atoms with van der Waals surface area (Å²) in [5.41, 5.74) is 2.28. The Morgan fingerprint density at radius 2 is 1.90 bits per heavy atom. The molecule has 4 rings (SSSR count). The van der Waals surface area contributed by atoms with E-state index in [0.717, 1.165) is 56.7 Å². The first kappa shape index (κ1) is 20.1. The van der Waals surface area contributed by atoms with Crippen LogP contribution in [0.5, 0.6) is 0 Å². The van der Waals surface area contributed by atoms with Crippen LogP contribution in [0.4, 0.5) is 4.79 Å². The number of carboxylic acid groups (broad SMARTS) is 1. The van der Waals surface area contributed by atoms with Gasteiger partial charge in [0, 0.05) is 38.4 Å². The van der Waals surface area contributed by atoms with Crippen molar-refractivity contribution in [3.8, 4) is 0 Å². The van der Waals surface area contributed by atoms with Gasteiger partial charge in [-0.25, -0.2) is 9.59 Å². The standard InChI is InChI=1S/C22H31N3O4/c1-21(2,3)29-20(28)24-8-5-22(6-9-24)11-17(12-22)25-7-4-15-10-16(19(26)27)13-23-18(15)14-25/h10,13,17H,4-9,11-12,14H2,1-3H3,(H,26,27). The fourth-order valence-corrected chi connectivity index (χ4v) is 4.96. The number of nitrogens with zero attached hydrogens (tertiary/aromatic N) is 3. The highest BCUT2D eigenvalue weighted by Crippen LogP contribution is 2.51. The van der Waals surface area contributed by atoms with Gasteiger partial charge in [0.2, 0.25) is 0 Å². The Labute approximate surface area is 172 Å². The van der Waals surface area contributed by atoms with Crippen LogP contribution in [0.25, 0.3) is 0 Å². The summed E-state index contributed by atoms with van der Waals surface area (Å²) in [5.74, 6) is -0.915. The van der Waals surface area contributed by atoms with Crippen molar-refractivity contribution in [1.29, 1.82) is 0 Å². The molecule has 2 aliphatic heterocycles. The van der Waals surface area contributed by atoms with E-state index in [1.165, 1.54) is 19.0 Å². The molecule has 1 aromatic rings. The van der Waals surface area contributed by atoms with E-state index in [4.69, 9.17) is 9.84 Å². The highest BCUT2D eigenvalue weighted by atomic mass is 16.6. The normalized spacial score (nSPS) is 22.1. The molecule has 0 radical (unpaired) electrons. The number of piperidine rings is 1. The number of likely N-dealkylation sites (tertiary alicyclic amines) is 1. The number of rotatable bonds is 2. The second-order valence-corrected chi connectivity index (χ2v) is 9.88. The minimum atomic E-state index is -0.915. The molecule has 1 saturated carbocycles. The van der Waals surface area contributed by atoms with Gasteiger partial charge in [0.1, 0.15) is 5.60 Å². The van der Waals surface area contributed by atoms with Crippen molar-refractivity contribution >= 4 is 12.1 Å². The maximum absolute atomic E-state index is 12.3. The molecule has 3 heterocycles. The number of aromatic carboxylic acids is 1. The molecular formula is C22H31N3O4. The van der Waals surface area contributed by atoms with E-state index >= 15 is 0 Å². The first-order valence-corrected chi connectivity index (χ1v) is 10.6. The molecule has 29 heavy (non-hydrogen) atoms. The number of fused-ring (bicyclic) bond motifs is 1. The van der Waals surface area contributed by atoms with E-state index in [2.05, 4.69) is 9.88 Å². The fraction of sp³-hybridized carbons (Fsp3) is 0.682. The van der Waals surface area contributed by atoms with Crippen LogP contribution in [0.15, 0.2) is 12.3 Å². The highest BCUT2D eigenvalue weighted by molar-refractivity contribution is 5.87. The van der Waals surface area contributed by atoms with Crippen LogP contribution in [-0.4, -0.2) is 63.2 Å². The van der Waals surface area contributed by atoms with E-state index in [1.54, 1.807) is 6.07 Å². The molecule has 1 spiro atoms. The van der Waals surface area contributed by atoms with Gasteiger partial charge in [-0.1, -0.05) is 0 Å². The van der Waals surface area contributed by atoms with Crippen molar-refractivity contribution in [3.05, 3.63) is 29.1 Å². The topological polar surface area (TPSA) is 83.0 Å². The molecule has 1 aliphatic carbocycles. The largest absolute Gasteiger partial charge is 0.478 e. The summed E-state index contributed by atoms with van der Waals surface area (Å²) < 4.78 is 5.50. The predicted molar refractivity (Wildman–Crippen MR) is 108 cm³/mol. The van der Waals surface area contributed by atoms with Gasteiger partial charge >= 0.3 is 12.1 Å². The Morgan fingerprint density at radius 1 is 1.21 bits per heavy atom. The summed E-state index contributed by atoms with van der Waals surface area (Å²) in [6, 6.07) is 2.34. The summed E-state index contributed by atoms with van der Waals surface area (Å²) in [7, 11) is 0. The van der Waals surface area contributed by atoms with Crippen molar-refractivity contribution in [2.45, 2.75) is 71.1 Å². The van der Waals surface area contributed by atoms with E-state index < -0.39 is 11.6 Å². The molecule has 3 aliphatic rings. The van der Waals surface area contributed by atoms with Crippen LogP contribution < -0.4 is 0 Å². The highest BCUT2D eigenvalue weighted by Gasteiger charge is 2.48. The number of carboxylic acids is 1. The lowest BCUT2D eigenvalue weighted by molar-refractivity contribution is -0.0518. The molecule has 1 N–H and O–H groups in total. The zero-order valence-electron chi connectivity index (χ0n) is 17.6. The van der Waals surface area contributed by atoms with Crippen molar-refractivity contribution in [3.63, 3.8) is 0 Å². The van der Waals surface area contributed by atoms with Crippen LogP contribution in [0.2, 0.25) is 0 Å². The second kappa shape index (κ2) is 7.27. The Bertz CT molecular complexity index is 801. The van der Waals surface area contributed by atoms with Gasteiger partial charge in [-0.15, -0.1) is 0 Å². The van der Waals surface area contributed by atoms with Gasteiger partial charge in [-0.2, -0.15) is 0 Å². The predicted octanol–water partition coefficient (Wildman–Crippen LogP) is 3.32. The van der Waals surface area contributed by atoms with E-state index in [-0.39, 0.29) is 11.7 Å². The lowest BCUT2D eigenvalue weighted by Gasteiger charge is -2.55. The molecule has 1 saturated heterocycles. The van der Waals surface area contributed by atoms with Gasteiger partial charge in [0.05, 0.1) is 11.3 Å². The molecule has 7 nitrogen and oxygen atoms in total. The first-order valence-electron chi connectivity index (χ1n) is 10.6. The lowest BCUT2D eigenvalue weighted by Crippen LogP contribution is -2.56. The van der Waals surface area contributed by atoms with Crippen molar-refractivity contribution in [2.75, 3.05) is 19.6 Å². The lowest BCUT2D eigenvalue weighted by atomic mass is 9.60. The van der Waals surface area contributed by atoms with Gasteiger partial charge in [-0.05, 0) is 69.9 Å². The van der Waals surface area contributed by atoms with Gasteiger partial charge in [-0.3, -0.25) is 9.88 Å². The summed E-state index contributed by atoms with van der Waals surface area (Å²) in [6.07, 6.45) is 6.59. The van der Waals surface area contributed by atoms with Crippen LogP contribution >= 0.6 is 0 Å². The van der Waals surface area contributed by atoms with Crippen molar-refractivity contribution in [1.82, 2.24) is 14.8 Å². The Kier molecular flexibility index (Phi) is 5.05. The average molecular weight is 402 g/mol. The Hall–Kier alpha value is -2.15. The van der Waals surface area contributed by atoms with Crippen molar-refractivity contribution in [2.24, 2.45) is 5.41 Å². The third kappa shape index (κ3) is 4.25. The maximum Gasteiger partial charge on any atom is 0.410 e. The van der Waals surface area contributed by atoms with Gasteiger partial charge in [0.15, 0.2) is 0 Å². The third-order valence-corrected chi connectivity index (χ3v) is 6.66. The molecule has 1 aromatic heterocycles. The summed E-state index contributed by atoms with van der Waals surface area (Å²) in [4.78, 5) is 32.2. The molecule has 2 fully saturated rings. The minimum Gasteiger partial charge on any atom is -0.478 e. The van der Waals surface area contributed by atoms with Crippen LogP contribution in [0.3, 0.4) is 0 Å².